The zero-order valence-electron chi connectivity index (χ0n) is 6.13. The SMILES string of the molecule is CC(=NO)c1ccccc1.[Fe]. The molecule has 0 saturated carbocycles. The van der Waals surface area contributed by atoms with Gasteiger partial charge >= 0.3 is 0 Å². The number of hydrogen-bond donors (Lipinski definition) is 1. The van der Waals surface area contributed by atoms with Crippen molar-refractivity contribution in [2.24, 2.45) is 5.16 Å². The molecule has 1 rings (SSSR count). The second kappa shape index (κ2) is 4.94. The molecule has 0 heterocycles. The Balaban J connectivity index is 0.000001000. The predicted molar refractivity (Wildman–Crippen MR) is 40.4 cm³/mol. The van der Waals surface area contributed by atoms with Crippen LogP contribution in [-0.4, -0.2) is 10.9 Å². The van der Waals surface area contributed by atoms with E-state index in [4.69, 9.17) is 5.21 Å². The van der Waals surface area contributed by atoms with Gasteiger partial charge < -0.3 is 5.21 Å². The van der Waals surface area contributed by atoms with Crippen molar-refractivity contribution < 1.29 is 22.3 Å². The summed E-state index contributed by atoms with van der Waals surface area (Å²) in [6.45, 7) is 1.76. The first-order chi connectivity index (χ1) is 4.84. The number of rotatable bonds is 1. The maximum Gasteiger partial charge on any atom is 0.0836 e. The van der Waals surface area contributed by atoms with Gasteiger partial charge in [-0.15, -0.1) is 0 Å². The van der Waals surface area contributed by atoms with E-state index in [-0.39, 0.29) is 17.1 Å². The van der Waals surface area contributed by atoms with Gasteiger partial charge in [-0.3, -0.25) is 0 Å². The zero-order chi connectivity index (χ0) is 7.40. The molecule has 0 bridgehead atoms. The third-order valence-corrected chi connectivity index (χ3v) is 1.34. The third kappa shape index (κ3) is 2.74. The van der Waals surface area contributed by atoms with Crippen LogP contribution < -0.4 is 0 Å². The summed E-state index contributed by atoms with van der Waals surface area (Å²) in [4.78, 5) is 0. The van der Waals surface area contributed by atoms with Crippen LogP contribution in [0.4, 0.5) is 0 Å². The Kier molecular flexibility index (Phi) is 4.58. The fraction of sp³-hybridized carbons (Fsp3) is 0.125. The average molecular weight is 191 g/mol. The van der Waals surface area contributed by atoms with Crippen LogP contribution >= 0.6 is 0 Å². The molecule has 1 N–H and O–H groups in total. The van der Waals surface area contributed by atoms with E-state index in [9.17, 15) is 0 Å². The van der Waals surface area contributed by atoms with Crippen molar-refractivity contribution in [1.29, 1.82) is 0 Å². The average Bonchev–Trinajstić information content (AvgIpc) is 2.05. The molecule has 1 aromatic carbocycles. The molecule has 0 atom stereocenters. The third-order valence-electron chi connectivity index (χ3n) is 1.34. The normalized spacial score (nSPS) is 10.5. The van der Waals surface area contributed by atoms with E-state index in [1.165, 1.54) is 0 Å². The fourth-order valence-electron chi connectivity index (χ4n) is 0.737. The summed E-state index contributed by atoms with van der Waals surface area (Å²) < 4.78 is 0. The van der Waals surface area contributed by atoms with E-state index in [1.54, 1.807) is 6.92 Å². The van der Waals surface area contributed by atoms with Crippen LogP contribution in [0.5, 0.6) is 0 Å². The number of nitrogens with zero attached hydrogens (tertiary/aromatic N) is 1. The van der Waals surface area contributed by atoms with Gasteiger partial charge in [-0.2, -0.15) is 0 Å². The van der Waals surface area contributed by atoms with Crippen molar-refractivity contribution in [3.05, 3.63) is 35.9 Å². The van der Waals surface area contributed by atoms with Crippen molar-refractivity contribution in [1.82, 2.24) is 0 Å². The van der Waals surface area contributed by atoms with Gasteiger partial charge in [0, 0.05) is 17.1 Å². The van der Waals surface area contributed by atoms with Gasteiger partial charge in [0.15, 0.2) is 0 Å². The molecule has 0 aliphatic rings. The van der Waals surface area contributed by atoms with E-state index in [0.29, 0.717) is 5.71 Å². The van der Waals surface area contributed by atoms with E-state index in [1.807, 2.05) is 30.3 Å². The van der Waals surface area contributed by atoms with E-state index >= 15 is 0 Å². The number of benzene rings is 1. The van der Waals surface area contributed by atoms with E-state index in [2.05, 4.69) is 5.16 Å². The molecule has 0 aliphatic heterocycles. The summed E-state index contributed by atoms with van der Waals surface area (Å²) in [5.41, 5.74) is 1.59. The molecule has 3 heteroatoms. The second-order valence-corrected chi connectivity index (χ2v) is 2.05. The van der Waals surface area contributed by atoms with Crippen LogP contribution in [0.1, 0.15) is 12.5 Å². The Hall–Kier alpha value is -0.791. The monoisotopic (exact) mass is 191 g/mol. The van der Waals surface area contributed by atoms with Crippen LogP contribution in [-0.2, 0) is 17.1 Å². The predicted octanol–water partition coefficient (Wildman–Crippen LogP) is 1.88. The Morgan fingerprint density at radius 2 is 1.82 bits per heavy atom. The van der Waals surface area contributed by atoms with Crippen LogP contribution in [0, 0.1) is 0 Å². The summed E-state index contributed by atoms with van der Waals surface area (Å²) >= 11 is 0. The van der Waals surface area contributed by atoms with Crippen molar-refractivity contribution in [2.45, 2.75) is 6.92 Å². The molecule has 0 fully saturated rings. The van der Waals surface area contributed by atoms with Crippen LogP contribution in [0.15, 0.2) is 35.5 Å². The zero-order valence-corrected chi connectivity index (χ0v) is 7.24. The minimum atomic E-state index is 0. The van der Waals surface area contributed by atoms with Gasteiger partial charge in [0.25, 0.3) is 0 Å². The van der Waals surface area contributed by atoms with Crippen LogP contribution in [0.25, 0.3) is 0 Å². The molecular weight excluding hydrogens is 182 g/mol. The fourth-order valence-corrected chi connectivity index (χ4v) is 0.737. The Morgan fingerprint density at radius 1 is 1.27 bits per heavy atom. The van der Waals surface area contributed by atoms with Gasteiger partial charge in [-0.25, -0.2) is 0 Å². The quantitative estimate of drug-likeness (QED) is 0.312. The summed E-state index contributed by atoms with van der Waals surface area (Å²) in [6.07, 6.45) is 0. The van der Waals surface area contributed by atoms with E-state index < -0.39 is 0 Å². The first-order valence-electron chi connectivity index (χ1n) is 3.08. The van der Waals surface area contributed by atoms with Gasteiger partial charge in [-0.1, -0.05) is 35.5 Å². The standard InChI is InChI=1S/C8H9NO.Fe/c1-7(9-10)8-5-3-2-4-6-8;/h2-6,10H,1H3;. The summed E-state index contributed by atoms with van der Waals surface area (Å²) in [6, 6.07) is 9.53. The maximum absolute atomic E-state index is 8.38. The number of hydrogen-bond acceptors (Lipinski definition) is 2. The molecular formula is C8H9FeNO. The number of oxime groups is 1. The minimum Gasteiger partial charge on any atom is -0.411 e. The van der Waals surface area contributed by atoms with Gasteiger partial charge in [0.1, 0.15) is 0 Å². The van der Waals surface area contributed by atoms with Gasteiger partial charge in [-0.05, 0) is 12.5 Å². The molecule has 1 aromatic rings. The van der Waals surface area contributed by atoms with Gasteiger partial charge in [0.2, 0.25) is 0 Å². The second-order valence-electron chi connectivity index (χ2n) is 2.05. The smallest absolute Gasteiger partial charge is 0.0836 e. The Bertz CT molecular complexity index is 233. The molecule has 0 spiro atoms. The molecule has 0 unspecified atom stereocenters. The molecule has 0 amide bonds. The first-order valence-corrected chi connectivity index (χ1v) is 3.08. The van der Waals surface area contributed by atoms with Crippen molar-refractivity contribution in [3.8, 4) is 0 Å². The molecule has 0 aliphatic carbocycles. The minimum absolute atomic E-state index is 0. The molecule has 0 radical (unpaired) electrons. The maximum atomic E-state index is 8.38. The molecule has 60 valence electrons. The molecule has 11 heavy (non-hydrogen) atoms. The Labute approximate surface area is 76.4 Å². The van der Waals surface area contributed by atoms with E-state index in [0.717, 1.165) is 5.56 Å². The Morgan fingerprint density at radius 3 is 2.27 bits per heavy atom. The van der Waals surface area contributed by atoms with Crippen molar-refractivity contribution in [3.63, 3.8) is 0 Å². The summed E-state index contributed by atoms with van der Waals surface area (Å²) in [7, 11) is 0. The molecule has 2 nitrogen and oxygen atoms in total. The van der Waals surface area contributed by atoms with Crippen LogP contribution in [0.2, 0.25) is 0 Å². The van der Waals surface area contributed by atoms with Crippen molar-refractivity contribution in [2.75, 3.05) is 0 Å². The topological polar surface area (TPSA) is 32.6 Å². The van der Waals surface area contributed by atoms with Gasteiger partial charge in [0.05, 0.1) is 5.71 Å². The largest absolute Gasteiger partial charge is 0.411 e. The van der Waals surface area contributed by atoms with Crippen molar-refractivity contribution >= 4 is 5.71 Å². The first kappa shape index (κ1) is 10.2. The summed E-state index contributed by atoms with van der Waals surface area (Å²) in [5.74, 6) is 0. The molecule has 0 aromatic heterocycles. The molecule has 0 saturated heterocycles. The van der Waals surface area contributed by atoms with Crippen LogP contribution in [0.3, 0.4) is 0 Å². The summed E-state index contributed by atoms with van der Waals surface area (Å²) in [5, 5.41) is 11.5.